The first kappa shape index (κ1) is 34.4. The maximum atomic E-state index is 13.5. The summed E-state index contributed by atoms with van der Waals surface area (Å²) < 4.78 is 1.81. The summed E-state index contributed by atoms with van der Waals surface area (Å²) >= 11 is 0. The Kier molecular flexibility index (Phi) is 9.92. The van der Waals surface area contributed by atoms with Crippen molar-refractivity contribution < 1.29 is 4.79 Å². The highest BCUT2D eigenvalue weighted by molar-refractivity contribution is 6.05. The smallest absolute Gasteiger partial charge is 0.261 e. The molecule has 6 heterocycles. The highest BCUT2D eigenvalue weighted by atomic mass is 16.2. The summed E-state index contributed by atoms with van der Waals surface area (Å²) in [5.74, 6) is 1.29. The number of anilines is 6. The lowest BCUT2D eigenvalue weighted by atomic mass is 10.0. The number of rotatable bonds is 8. The minimum atomic E-state index is -0.529. The van der Waals surface area contributed by atoms with Gasteiger partial charge in [-0.15, -0.1) is 0 Å². The van der Waals surface area contributed by atoms with Gasteiger partial charge in [0.25, 0.3) is 5.91 Å². The van der Waals surface area contributed by atoms with Crippen LogP contribution in [0.5, 0.6) is 0 Å². The molecule has 4 atom stereocenters. The topological polar surface area (TPSA) is 253 Å². The van der Waals surface area contributed by atoms with Crippen LogP contribution < -0.4 is 59.0 Å². The summed E-state index contributed by atoms with van der Waals surface area (Å²) in [6, 6.07) is 6.62. The number of carbonyl (C=O) groups is 1. The van der Waals surface area contributed by atoms with Crippen molar-refractivity contribution in [1.29, 1.82) is 0 Å². The number of fused-ring (bicyclic) bond motifs is 1. The number of aryl methyl sites for hydroxylation is 1. The Balaban J connectivity index is 1.10. The minimum absolute atomic E-state index is 0.00428. The zero-order chi connectivity index (χ0) is 35.6. The zero-order valence-corrected chi connectivity index (χ0v) is 28.7. The van der Waals surface area contributed by atoms with E-state index in [0.29, 0.717) is 78.9 Å². The molecule has 18 nitrogen and oxygen atoms in total. The molecule has 11 N–H and O–H groups in total. The van der Waals surface area contributed by atoms with Crippen LogP contribution in [-0.4, -0.2) is 112 Å². The summed E-state index contributed by atoms with van der Waals surface area (Å²) in [4.78, 5) is 56.4. The third kappa shape index (κ3) is 7.69. The van der Waals surface area contributed by atoms with Gasteiger partial charge in [-0.25, -0.2) is 4.98 Å². The first-order valence-corrected chi connectivity index (χ1v) is 17.5. The van der Waals surface area contributed by atoms with E-state index in [9.17, 15) is 9.59 Å². The van der Waals surface area contributed by atoms with Gasteiger partial charge in [0, 0.05) is 107 Å². The number of nitrogens with two attached hydrogens (primary N) is 4. The van der Waals surface area contributed by atoms with E-state index in [1.807, 2.05) is 16.7 Å². The third-order valence-corrected chi connectivity index (χ3v) is 9.39. The Bertz CT molecular complexity index is 1870. The van der Waals surface area contributed by atoms with Gasteiger partial charge in [-0.3, -0.25) is 9.59 Å². The van der Waals surface area contributed by atoms with Crippen LogP contribution in [0.3, 0.4) is 0 Å². The molecule has 0 unspecified atom stereocenters. The van der Waals surface area contributed by atoms with Crippen LogP contribution in [0.2, 0.25) is 0 Å². The molecule has 51 heavy (non-hydrogen) atoms. The normalized spacial score (nSPS) is 22.6. The van der Waals surface area contributed by atoms with E-state index < -0.39 is 11.3 Å². The Morgan fingerprint density at radius 3 is 1.94 bits per heavy atom. The number of hydrogen-bond donors (Lipinski definition) is 7. The monoisotopic (exact) mass is 698 g/mol. The lowest BCUT2D eigenvalue weighted by Gasteiger charge is -2.37. The van der Waals surface area contributed by atoms with E-state index in [0.717, 1.165) is 39.0 Å². The molecule has 3 aliphatic heterocycles. The third-order valence-electron chi connectivity index (χ3n) is 9.39. The zero-order valence-electron chi connectivity index (χ0n) is 28.7. The lowest BCUT2D eigenvalue weighted by Crippen LogP contribution is -2.54. The summed E-state index contributed by atoms with van der Waals surface area (Å²) in [5.41, 5.74) is 26.4. The standard InChI is InChI=1S/C33H46N16O2/c1-2-46-18-26(27(50)25-13-39-31(42-28(25)46)47-9-7-38-8-10-47)29(51)40-23-3-5-24(6-4-23)41-30-43-32(48-14-19(34)11-20(35)15-48)45-33(44-30)49-16-21(36)12-22(37)17-49/h3-6,13,18-22,38H,2,7-12,14-17,34-37H2,1H3,(H,40,51)(H,41,43,44,45)/t19-,20+,21-,22+. The first-order valence-electron chi connectivity index (χ1n) is 17.5. The molecule has 7 rings (SSSR count). The predicted octanol–water partition coefficient (Wildman–Crippen LogP) is -0.869. The largest absolute Gasteiger partial charge is 0.338 e. The van der Waals surface area contributed by atoms with Gasteiger partial charge >= 0.3 is 0 Å². The van der Waals surface area contributed by atoms with Gasteiger partial charge in [0.05, 0.1) is 5.39 Å². The summed E-state index contributed by atoms with van der Waals surface area (Å²) in [5, 5.41) is 9.72. The molecule has 3 aromatic heterocycles. The van der Waals surface area contributed by atoms with Crippen LogP contribution in [0.4, 0.5) is 35.2 Å². The Labute approximate surface area is 295 Å². The summed E-state index contributed by atoms with van der Waals surface area (Å²) in [6.45, 7) is 7.95. The van der Waals surface area contributed by atoms with Crippen LogP contribution in [0, 0.1) is 0 Å². The molecule has 0 saturated carbocycles. The maximum absolute atomic E-state index is 13.5. The van der Waals surface area contributed by atoms with Gasteiger partial charge in [0.2, 0.25) is 29.2 Å². The number of benzene rings is 1. The Morgan fingerprint density at radius 2 is 1.37 bits per heavy atom. The Morgan fingerprint density at radius 1 is 0.804 bits per heavy atom. The minimum Gasteiger partial charge on any atom is -0.338 e. The molecule has 3 saturated heterocycles. The molecule has 1 amide bonds. The van der Waals surface area contributed by atoms with Crippen molar-refractivity contribution in [3.8, 4) is 0 Å². The van der Waals surface area contributed by atoms with E-state index in [2.05, 4.69) is 25.8 Å². The Hall–Kier alpha value is -5.01. The lowest BCUT2D eigenvalue weighted by molar-refractivity contribution is 0.102. The van der Waals surface area contributed by atoms with E-state index >= 15 is 0 Å². The van der Waals surface area contributed by atoms with Crippen LogP contribution >= 0.6 is 0 Å². The quantitative estimate of drug-likeness (QED) is 0.118. The van der Waals surface area contributed by atoms with Crippen LogP contribution in [0.1, 0.15) is 30.1 Å². The number of nitrogens with one attached hydrogen (secondary N) is 3. The van der Waals surface area contributed by atoms with E-state index in [1.165, 1.54) is 6.20 Å². The molecule has 0 bridgehead atoms. The highest BCUT2D eigenvalue weighted by Gasteiger charge is 2.29. The highest BCUT2D eigenvalue weighted by Crippen LogP contribution is 2.25. The van der Waals surface area contributed by atoms with Gasteiger partial charge in [-0.1, -0.05) is 0 Å². The molecule has 0 radical (unpaired) electrons. The second-order valence-electron chi connectivity index (χ2n) is 13.5. The summed E-state index contributed by atoms with van der Waals surface area (Å²) in [7, 11) is 0. The van der Waals surface area contributed by atoms with Crippen molar-refractivity contribution in [3.05, 3.63) is 52.4 Å². The van der Waals surface area contributed by atoms with Crippen molar-refractivity contribution in [2.75, 3.05) is 77.7 Å². The molecule has 0 spiro atoms. The fraction of sp³-hybridized carbons (Fsp3) is 0.485. The van der Waals surface area contributed by atoms with Gasteiger partial charge in [0.1, 0.15) is 11.2 Å². The molecule has 270 valence electrons. The molecule has 18 heteroatoms. The van der Waals surface area contributed by atoms with Gasteiger partial charge in [0.15, 0.2) is 0 Å². The molecular formula is C33H46N16O2. The van der Waals surface area contributed by atoms with E-state index in [-0.39, 0.29) is 29.7 Å². The fourth-order valence-corrected chi connectivity index (χ4v) is 6.92. The fourth-order valence-electron chi connectivity index (χ4n) is 6.92. The van der Waals surface area contributed by atoms with Crippen molar-refractivity contribution in [2.24, 2.45) is 22.9 Å². The molecule has 1 aromatic carbocycles. The van der Waals surface area contributed by atoms with Crippen LogP contribution in [-0.2, 0) is 6.54 Å². The SMILES string of the molecule is CCn1cc(C(=O)Nc2ccc(Nc3nc(N4C[C@H](N)C[C@H](N)C4)nc(N4C[C@H](N)C[C@H](N)C4)n3)cc2)c(=O)c2cnc(N3CCNCC3)nc21. The number of pyridine rings is 1. The van der Waals surface area contributed by atoms with Gasteiger partial charge < -0.3 is 58.2 Å². The average molecular weight is 699 g/mol. The predicted molar refractivity (Wildman–Crippen MR) is 198 cm³/mol. The maximum Gasteiger partial charge on any atom is 0.261 e. The number of nitrogens with zero attached hydrogens (tertiary/aromatic N) is 9. The van der Waals surface area contributed by atoms with Crippen molar-refractivity contribution in [3.63, 3.8) is 0 Å². The number of amides is 1. The number of piperazine rings is 1. The second-order valence-corrected chi connectivity index (χ2v) is 13.5. The van der Waals surface area contributed by atoms with Crippen molar-refractivity contribution >= 4 is 52.1 Å². The van der Waals surface area contributed by atoms with E-state index in [4.69, 9.17) is 42.9 Å². The van der Waals surface area contributed by atoms with Crippen LogP contribution in [0.15, 0.2) is 41.5 Å². The number of piperidine rings is 2. The summed E-state index contributed by atoms with van der Waals surface area (Å²) in [6.07, 6.45) is 4.52. The van der Waals surface area contributed by atoms with Gasteiger partial charge in [-0.05, 0) is 44.0 Å². The van der Waals surface area contributed by atoms with Crippen molar-refractivity contribution in [2.45, 2.75) is 50.5 Å². The van der Waals surface area contributed by atoms with Crippen molar-refractivity contribution in [1.82, 2.24) is 34.8 Å². The van der Waals surface area contributed by atoms with E-state index in [1.54, 1.807) is 35.0 Å². The molecular weight excluding hydrogens is 652 g/mol. The second kappa shape index (κ2) is 14.7. The number of hydrogen-bond acceptors (Lipinski definition) is 16. The molecule has 3 fully saturated rings. The van der Waals surface area contributed by atoms with Crippen LogP contribution in [0.25, 0.3) is 11.0 Å². The molecule has 0 aliphatic carbocycles. The van der Waals surface area contributed by atoms with Gasteiger partial charge in [-0.2, -0.15) is 19.9 Å². The first-order chi connectivity index (χ1) is 24.6. The number of carbonyl (C=O) groups excluding carboxylic acids is 1. The average Bonchev–Trinajstić information content (AvgIpc) is 3.12. The molecule has 3 aliphatic rings. The number of aromatic nitrogens is 6. The molecule has 4 aromatic rings.